The maximum absolute atomic E-state index is 4.03. The lowest BCUT2D eigenvalue weighted by Crippen LogP contribution is -2.43. The zero-order valence-electron chi connectivity index (χ0n) is 9.35. The molecule has 1 fully saturated rings. The fraction of sp³-hybridized carbons (Fsp3) is 0.417. The SMILES string of the molecule is C=Nc1ccccc1SCN1CCNCC1. The first-order valence-electron chi connectivity index (χ1n) is 5.52. The second-order valence-electron chi connectivity index (χ2n) is 3.77. The molecule has 0 unspecified atom stereocenters. The average molecular weight is 235 g/mol. The topological polar surface area (TPSA) is 27.6 Å². The van der Waals surface area contributed by atoms with E-state index >= 15 is 0 Å². The molecule has 0 amide bonds. The van der Waals surface area contributed by atoms with Crippen LogP contribution in [-0.4, -0.2) is 43.7 Å². The average Bonchev–Trinajstić information content (AvgIpc) is 2.38. The third-order valence-electron chi connectivity index (χ3n) is 2.65. The smallest absolute Gasteiger partial charge is 0.0758 e. The van der Waals surface area contributed by atoms with Gasteiger partial charge < -0.3 is 5.32 Å². The van der Waals surface area contributed by atoms with Gasteiger partial charge in [0.05, 0.1) is 5.69 Å². The van der Waals surface area contributed by atoms with Crippen LogP contribution in [-0.2, 0) is 0 Å². The first-order valence-corrected chi connectivity index (χ1v) is 6.50. The largest absolute Gasteiger partial charge is 0.314 e. The number of aliphatic imine (C=N–C) groups is 1. The van der Waals surface area contributed by atoms with Crippen molar-refractivity contribution in [3.8, 4) is 0 Å². The van der Waals surface area contributed by atoms with Crippen LogP contribution in [0.5, 0.6) is 0 Å². The number of piperazine rings is 1. The lowest BCUT2D eigenvalue weighted by molar-refractivity contribution is 0.280. The molecule has 3 nitrogen and oxygen atoms in total. The molecule has 1 aliphatic heterocycles. The van der Waals surface area contributed by atoms with Crippen molar-refractivity contribution in [2.24, 2.45) is 4.99 Å². The van der Waals surface area contributed by atoms with Crippen LogP contribution in [0.25, 0.3) is 0 Å². The summed E-state index contributed by atoms with van der Waals surface area (Å²) in [6.07, 6.45) is 0. The first kappa shape index (κ1) is 11.6. The van der Waals surface area contributed by atoms with Gasteiger partial charge in [-0.1, -0.05) is 12.1 Å². The highest BCUT2D eigenvalue weighted by Gasteiger charge is 2.10. The number of para-hydroxylation sites is 1. The van der Waals surface area contributed by atoms with Crippen LogP contribution in [0.3, 0.4) is 0 Å². The number of hydrogen-bond donors (Lipinski definition) is 1. The molecule has 1 N–H and O–H groups in total. The third kappa shape index (κ3) is 3.07. The molecule has 86 valence electrons. The van der Waals surface area contributed by atoms with Gasteiger partial charge in [-0.15, -0.1) is 11.8 Å². The Morgan fingerprint density at radius 3 is 2.81 bits per heavy atom. The van der Waals surface area contributed by atoms with E-state index in [2.05, 4.69) is 34.1 Å². The summed E-state index contributed by atoms with van der Waals surface area (Å²) >= 11 is 1.84. The van der Waals surface area contributed by atoms with Gasteiger partial charge in [-0.2, -0.15) is 0 Å². The molecule has 4 heteroatoms. The lowest BCUT2D eigenvalue weighted by atomic mass is 10.3. The number of nitrogens with zero attached hydrogens (tertiary/aromatic N) is 2. The van der Waals surface area contributed by atoms with Gasteiger partial charge >= 0.3 is 0 Å². The molecule has 1 aliphatic rings. The lowest BCUT2D eigenvalue weighted by Gasteiger charge is -2.26. The molecule has 0 atom stereocenters. The second-order valence-corrected chi connectivity index (χ2v) is 4.75. The number of hydrogen-bond acceptors (Lipinski definition) is 4. The highest BCUT2D eigenvalue weighted by atomic mass is 32.2. The third-order valence-corrected chi connectivity index (χ3v) is 3.80. The van der Waals surface area contributed by atoms with Gasteiger partial charge in [-0.3, -0.25) is 9.89 Å². The Hall–Kier alpha value is -0.840. The number of benzene rings is 1. The minimum atomic E-state index is 0.989. The van der Waals surface area contributed by atoms with Crippen LogP contribution >= 0.6 is 11.8 Å². The van der Waals surface area contributed by atoms with E-state index in [4.69, 9.17) is 0 Å². The van der Waals surface area contributed by atoms with Gasteiger partial charge in [-0.05, 0) is 18.9 Å². The monoisotopic (exact) mass is 235 g/mol. The first-order chi connectivity index (χ1) is 7.90. The number of rotatable bonds is 4. The zero-order valence-corrected chi connectivity index (χ0v) is 10.2. The summed E-state index contributed by atoms with van der Waals surface area (Å²) in [5, 5.41) is 3.36. The number of thioether (sulfide) groups is 1. The minimum Gasteiger partial charge on any atom is -0.314 e. The maximum atomic E-state index is 4.03. The fourth-order valence-electron chi connectivity index (χ4n) is 1.71. The van der Waals surface area contributed by atoms with E-state index in [1.807, 2.05) is 23.9 Å². The van der Waals surface area contributed by atoms with E-state index < -0.39 is 0 Å². The Labute approximate surface area is 101 Å². The van der Waals surface area contributed by atoms with Crippen molar-refractivity contribution in [2.75, 3.05) is 32.1 Å². The Kier molecular flexibility index (Phi) is 4.39. The van der Waals surface area contributed by atoms with Crippen LogP contribution in [0.2, 0.25) is 0 Å². The van der Waals surface area contributed by atoms with Crippen molar-refractivity contribution >= 4 is 24.2 Å². The fourth-order valence-corrected chi connectivity index (χ4v) is 2.75. The summed E-state index contributed by atoms with van der Waals surface area (Å²) in [7, 11) is 0. The van der Waals surface area contributed by atoms with E-state index in [9.17, 15) is 0 Å². The van der Waals surface area contributed by atoms with Crippen molar-refractivity contribution in [2.45, 2.75) is 4.90 Å². The molecule has 1 aromatic rings. The molecule has 2 rings (SSSR count). The van der Waals surface area contributed by atoms with Crippen LogP contribution in [0.15, 0.2) is 34.2 Å². The van der Waals surface area contributed by atoms with Gasteiger partial charge in [0.2, 0.25) is 0 Å². The molecule has 0 radical (unpaired) electrons. The standard InChI is InChI=1S/C12H17N3S/c1-13-11-4-2-3-5-12(11)16-10-15-8-6-14-7-9-15/h2-5,14H,1,6-10H2. The quantitative estimate of drug-likeness (QED) is 0.639. The molecular formula is C12H17N3S. The molecule has 0 saturated carbocycles. The van der Waals surface area contributed by atoms with E-state index in [0.717, 1.165) is 37.7 Å². The minimum absolute atomic E-state index is 0.989. The molecule has 0 aromatic heterocycles. The Morgan fingerprint density at radius 2 is 2.06 bits per heavy atom. The van der Waals surface area contributed by atoms with Gasteiger partial charge in [0, 0.05) is 37.0 Å². The second kappa shape index (κ2) is 6.03. The van der Waals surface area contributed by atoms with Crippen molar-refractivity contribution in [1.82, 2.24) is 10.2 Å². The predicted molar refractivity (Wildman–Crippen MR) is 70.8 cm³/mol. The normalized spacial score (nSPS) is 17.2. The van der Waals surface area contributed by atoms with E-state index in [1.165, 1.54) is 4.90 Å². The molecular weight excluding hydrogens is 218 g/mol. The molecule has 16 heavy (non-hydrogen) atoms. The van der Waals surface area contributed by atoms with Gasteiger partial charge in [-0.25, -0.2) is 0 Å². The molecule has 1 heterocycles. The Morgan fingerprint density at radius 1 is 1.31 bits per heavy atom. The van der Waals surface area contributed by atoms with Crippen LogP contribution in [0.4, 0.5) is 5.69 Å². The predicted octanol–water partition coefficient (Wildman–Crippen LogP) is 1.97. The van der Waals surface area contributed by atoms with Crippen molar-refractivity contribution in [3.63, 3.8) is 0 Å². The summed E-state index contributed by atoms with van der Waals surface area (Å²) in [6, 6.07) is 8.16. The molecule has 1 aromatic carbocycles. The summed E-state index contributed by atoms with van der Waals surface area (Å²) < 4.78 is 0. The Bertz CT molecular complexity index is 348. The number of nitrogens with one attached hydrogen (secondary N) is 1. The van der Waals surface area contributed by atoms with Crippen molar-refractivity contribution in [3.05, 3.63) is 24.3 Å². The summed E-state index contributed by atoms with van der Waals surface area (Å²) in [4.78, 5) is 7.71. The van der Waals surface area contributed by atoms with Gasteiger partial charge in [0.25, 0.3) is 0 Å². The summed E-state index contributed by atoms with van der Waals surface area (Å²) in [5.74, 6) is 1.04. The zero-order chi connectivity index (χ0) is 11.2. The molecule has 0 bridgehead atoms. The maximum Gasteiger partial charge on any atom is 0.0758 e. The molecule has 1 saturated heterocycles. The molecule has 0 aliphatic carbocycles. The van der Waals surface area contributed by atoms with E-state index in [0.29, 0.717) is 0 Å². The van der Waals surface area contributed by atoms with Crippen LogP contribution < -0.4 is 5.32 Å². The van der Waals surface area contributed by atoms with Crippen molar-refractivity contribution < 1.29 is 0 Å². The Balaban J connectivity index is 1.90. The summed E-state index contributed by atoms with van der Waals surface area (Å²) in [5.41, 5.74) is 0.989. The van der Waals surface area contributed by atoms with Crippen LogP contribution in [0, 0.1) is 0 Å². The van der Waals surface area contributed by atoms with Gasteiger partial charge in [0.1, 0.15) is 0 Å². The highest BCUT2D eigenvalue weighted by molar-refractivity contribution is 7.99. The van der Waals surface area contributed by atoms with E-state index in [-0.39, 0.29) is 0 Å². The highest BCUT2D eigenvalue weighted by Crippen LogP contribution is 2.29. The molecule has 0 spiro atoms. The van der Waals surface area contributed by atoms with E-state index in [1.54, 1.807) is 0 Å². The summed E-state index contributed by atoms with van der Waals surface area (Å²) in [6.45, 7) is 8.07. The van der Waals surface area contributed by atoms with Gasteiger partial charge in [0.15, 0.2) is 0 Å². The van der Waals surface area contributed by atoms with Crippen LogP contribution in [0.1, 0.15) is 0 Å². The van der Waals surface area contributed by atoms with Crippen molar-refractivity contribution in [1.29, 1.82) is 0 Å².